The zero-order valence-corrected chi connectivity index (χ0v) is 13.8. The van der Waals surface area contributed by atoms with Crippen LogP contribution in [0, 0.1) is 5.92 Å². The van der Waals surface area contributed by atoms with Crippen LogP contribution < -0.4 is 0 Å². The zero-order valence-electron chi connectivity index (χ0n) is 13.8. The maximum absolute atomic E-state index is 12.3. The highest BCUT2D eigenvalue weighted by Gasteiger charge is 2.34. The van der Waals surface area contributed by atoms with E-state index in [-0.39, 0.29) is 30.6 Å². The summed E-state index contributed by atoms with van der Waals surface area (Å²) in [5.74, 6) is -0.0442. The number of aliphatic hydroxyl groups is 1. The normalized spacial score (nSPS) is 19.8. The summed E-state index contributed by atoms with van der Waals surface area (Å²) in [5.41, 5.74) is 3.68. The molecule has 0 heterocycles. The van der Waals surface area contributed by atoms with Gasteiger partial charge in [-0.05, 0) is 47.9 Å². The molecular weight excluding hydrogens is 329 g/mol. The second-order valence-corrected chi connectivity index (χ2v) is 6.69. The lowest BCUT2D eigenvalue weighted by molar-refractivity contribution is -0.135. The van der Waals surface area contributed by atoms with E-state index in [1.807, 2.05) is 24.3 Å². The molecule has 5 heteroatoms. The Morgan fingerprint density at radius 2 is 1.80 bits per heavy atom. The third-order valence-corrected chi connectivity index (χ3v) is 4.93. The summed E-state index contributed by atoms with van der Waals surface area (Å²) in [7, 11) is 0. The van der Waals surface area contributed by atoms with Gasteiger partial charge < -0.3 is 10.2 Å². The highest BCUT2D eigenvalue weighted by Crippen LogP contribution is 2.45. The molecule has 2 N–H and O–H groups in total. The molecule has 0 saturated carbocycles. The Labute approximate surface area is 144 Å². The molecule has 2 aromatic rings. The molecule has 134 valence electrons. The third-order valence-electron chi connectivity index (χ3n) is 4.93. The number of rotatable bonds is 5. The van der Waals surface area contributed by atoms with Crippen LogP contribution in [0.1, 0.15) is 41.0 Å². The number of hydrogen-bond acceptors (Lipinski definition) is 2. The largest absolute Gasteiger partial charge is 0.508 e. The molecule has 2 nitrogen and oxygen atoms in total. The first-order valence-corrected chi connectivity index (χ1v) is 8.46. The smallest absolute Gasteiger partial charge is 0.389 e. The maximum atomic E-state index is 12.3. The highest BCUT2D eigenvalue weighted by atomic mass is 19.4. The second-order valence-electron chi connectivity index (χ2n) is 6.69. The van der Waals surface area contributed by atoms with Gasteiger partial charge in [-0.2, -0.15) is 13.2 Å². The molecule has 0 spiro atoms. The number of benzene rings is 2. The average Bonchev–Trinajstić information content (AvgIpc) is 2.94. The summed E-state index contributed by atoms with van der Waals surface area (Å²) in [5, 5.41) is 20.1. The first-order valence-electron chi connectivity index (χ1n) is 8.46. The Hall–Kier alpha value is -2.01. The second kappa shape index (κ2) is 7.08. The Balaban J connectivity index is 1.87. The van der Waals surface area contributed by atoms with Crippen LogP contribution in [0.25, 0.3) is 0 Å². The van der Waals surface area contributed by atoms with Crippen LogP contribution in [-0.4, -0.2) is 23.0 Å². The van der Waals surface area contributed by atoms with Crippen molar-refractivity contribution >= 4 is 0 Å². The highest BCUT2D eigenvalue weighted by molar-refractivity contribution is 5.49. The van der Waals surface area contributed by atoms with Gasteiger partial charge in [-0.1, -0.05) is 36.4 Å². The molecule has 0 saturated heterocycles. The number of halogens is 3. The summed E-state index contributed by atoms with van der Waals surface area (Å²) in [4.78, 5) is 0. The standard InChI is InChI=1S/C20H21F3O2/c21-20(22,23)9-3-4-13-7-8-18(25)17(10-13)19-15(12-24)11-14-5-1-2-6-16(14)19/h1-2,5-8,10,15,19,24-25H,3-4,9,11-12H2/t15-,19?/m0/s1. The molecule has 1 unspecified atom stereocenters. The minimum atomic E-state index is -4.15. The predicted molar refractivity (Wildman–Crippen MR) is 89.7 cm³/mol. The van der Waals surface area contributed by atoms with Gasteiger partial charge in [0.2, 0.25) is 0 Å². The number of fused-ring (bicyclic) bond motifs is 1. The molecule has 0 radical (unpaired) electrons. The van der Waals surface area contributed by atoms with Crippen molar-refractivity contribution in [2.45, 2.75) is 37.8 Å². The Morgan fingerprint density at radius 1 is 1.04 bits per heavy atom. The minimum Gasteiger partial charge on any atom is -0.508 e. The van der Waals surface area contributed by atoms with E-state index in [1.165, 1.54) is 0 Å². The SMILES string of the molecule is OC[C@@H]1Cc2ccccc2C1c1cc(CCCC(F)(F)F)ccc1O. The lowest BCUT2D eigenvalue weighted by Gasteiger charge is -2.21. The molecule has 0 bridgehead atoms. The van der Waals surface area contributed by atoms with Gasteiger partial charge in [0.05, 0.1) is 0 Å². The Morgan fingerprint density at radius 3 is 2.52 bits per heavy atom. The molecule has 2 aromatic carbocycles. The Bertz CT molecular complexity index is 740. The van der Waals surface area contributed by atoms with Crippen molar-refractivity contribution in [3.63, 3.8) is 0 Å². The van der Waals surface area contributed by atoms with Crippen LogP contribution in [0.15, 0.2) is 42.5 Å². The van der Waals surface area contributed by atoms with Crippen molar-refractivity contribution < 1.29 is 23.4 Å². The van der Waals surface area contributed by atoms with Crippen molar-refractivity contribution in [2.24, 2.45) is 5.92 Å². The Kier molecular flexibility index (Phi) is 5.04. The lowest BCUT2D eigenvalue weighted by atomic mass is 9.84. The van der Waals surface area contributed by atoms with E-state index in [4.69, 9.17) is 0 Å². The van der Waals surface area contributed by atoms with Gasteiger partial charge in [0.15, 0.2) is 0 Å². The van der Waals surface area contributed by atoms with Gasteiger partial charge in [0, 0.05) is 24.5 Å². The minimum absolute atomic E-state index is 0.00289. The molecule has 2 atom stereocenters. The van der Waals surface area contributed by atoms with Gasteiger partial charge in [0.25, 0.3) is 0 Å². The number of aryl methyl sites for hydroxylation is 1. The van der Waals surface area contributed by atoms with Gasteiger partial charge in [0.1, 0.15) is 5.75 Å². The maximum Gasteiger partial charge on any atom is 0.389 e. The van der Waals surface area contributed by atoms with Crippen molar-refractivity contribution in [3.8, 4) is 5.75 Å². The quantitative estimate of drug-likeness (QED) is 0.829. The molecule has 3 rings (SSSR count). The van der Waals surface area contributed by atoms with Crippen molar-refractivity contribution in [1.82, 2.24) is 0 Å². The van der Waals surface area contributed by atoms with E-state index in [9.17, 15) is 23.4 Å². The van der Waals surface area contributed by atoms with E-state index in [2.05, 4.69) is 0 Å². The van der Waals surface area contributed by atoms with Crippen molar-refractivity contribution in [3.05, 3.63) is 64.7 Å². The molecule has 1 aliphatic carbocycles. The number of aliphatic hydroxyl groups excluding tert-OH is 1. The van der Waals surface area contributed by atoms with Crippen LogP contribution in [-0.2, 0) is 12.8 Å². The van der Waals surface area contributed by atoms with E-state index in [0.717, 1.165) is 23.1 Å². The molecule has 0 aliphatic heterocycles. The monoisotopic (exact) mass is 350 g/mol. The number of hydrogen-bond donors (Lipinski definition) is 2. The van der Waals surface area contributed by atoms with Crippen LogP contribution >= 0.6 is 0 Å². The fourth-order valence-electron chi connectivity index (χ4n) is 3.77. The molecule has 0 fully saturated rings. The summed E-state index contributed by atoms with van der Waals surface area (Å²) in [6.45, 7) is -0.00289. The third kappa shape index (κ3) is 3.98. The van der Waals surface area contributed by atoms with Crippen LogP contribution in [0.2, 0.25) is 0 Å². The fraction of sp³-hybridized carbons (Fsp3) is 0.400. The lowest BCUT2D eigenvalue weighted by Crippen LogP contribution is -2.14. The number of alkyl halides is 3. The topological polar surface area (TPSA) is 40.5 Å². The number of phenols is 1. The summed E-state index contributed by atoms with van der Waals surface area (Å²) < 4.78 is 37.0. The average molecular weight is 350 g/mol. The van der Waals surface area contributed by atoms with Crippen LogP contribution in [0.4, 0.5) is 13.2 Å². The van der Waals surface area contributed by atoms with Gasteiger partial charge in [-0.3, -0.25) is 0 Å². The molecule has 0 amide bonds. The first-order chi connectivity index (χ1) is 11.9. The number of phenolic OH excluding ortho intramolecular Hbond substituents is 1. The molecule has 25 heavy (non-hydrogen) atoms. The van der Waals surface area contributed by atoms with E-state index in [0.29, 0.717) is 12.0 Å². The first kappa shape index (κ1) is 17.8. The summed E-state index contributed by atoms with van der Waals surface area (Å²) in [6, 6.07) is 12.9. The van der Waals surface area contributed by atoms with Gasteiger partial charge in [-0.15, -0.1) is 0 Å². The van der Waals surface area contributed by atoms with E-state index >= 15 is 0 Å². The zero-order chi connectivity index (χ0) is 18.0. The van der Waals surface area contributed by atoms with Crippen LogP contribution in [0.3, 0.4) is 0 Å². The predicted octanol–water partition coefficient (Wildman–Crippen LogP) is 4.57. The van der Waals surface area contributed by atoms with E-state index < -0.39 is 12.6 Å². The number of aromatic hydroxyl groups is 1. The van der Waals surface area contributed by atoms with Gasteiger partial charge >= 0.3 is 6.18 Å². The van der Waals surface area contributed by atoms with Gasteiger partial charge in [-0.25, -0.2) is 0 Å². The molecule has 1 aliphatic rings. The van der Waals surface area contributed by atoms with E-state index in [1.54, 1.807) is 18.2 Å². The molecular formula is C20H21F3O2. The van der Waals surface area contributed by atoms with Crippen molar-refractivity contribution in [2.75, 3.05) is 6.61 Å². The summed E-state index contributed by atoms with van der Waals surface area (Å²) in [6.07, 6.45) is -3.89. The molecule has 0 aromatic heterocycles. The van der Waals surface area contributed by atoms with Crippen LogP contribution in [0.5, 0.6) is 5.75 Å². The fourth-order valence-corrected chi connectivity index (χ4v) is 3.77. The van der Waals surface area contributed by atoms with Crippen molar-refractivity contribution in [1.29, 1.82) is 0 Å². The summed E-state index contributed by atoms with van der Waals surface area (Å²) >= 11 is 0.